The fourth-order valence-electron chi connectivity index (χ4n) is 2.50. The first-order valence-electron chi connectivity index (χ1n) is 7.76. The van der Waals surface area contributed by atoms with Crippen LogP contribution in [-0.2, 0) is 9.59 Å². The minimum Gasteiger partial charge on any atom is -0.306 e. The lowest BCUT2D eigenvalue weighted by atomic mass is 10.2. The number of rotatable bonds is 4. The molecule has 2 amide bonds. The number of nitrogens with zero attached hydrogens (tertiary/aromatic N) is 3. The largest absolute Gasteiger partial charge is 0.306 e. The molecule has 122 valence electrons. The Balaban J connectivity index is 1.84. The van der Waals surface area contributed by atoms with Crippen LogP contribution >= 0.6 is 0 Å². The average molecular weight is 322 g/mol. The van der Waals surface area contributed by atoms with E-state index >= 15 is 0 Å². The molecule has 0 bridgehead atoms. The molecule has 24 heavy (non-hydrogen) atoms. The van der Waals surface area contributed by atoms with Crippen LogP contribution in [0.5, 0.6) is 0 Å². The number of hydrogen-bond acceptors (Lipinski definition) is 4. The maximum atomic E-state index is 12.8. The van der Waals surface area contributed by atoms with Crippen molar-refractivity contribution in [3.8, 4) is 0 Å². The van der Waals surface area contributed by atoms with Gasteiger partial charge in [-0.1, -0.05) is 36.4 Å². The topological polar surface area (TPSA) is 65.0 Å². The molecule has 0 aliphatic carbocycles. The molecule has 6 nitrogen and oxygen atoms in total. The van der Waals surface area contributed by atoms with E-state index < -0.39 is 0 Å². The Bertz CT molecular complexity index is 759. The highest BCUT2D eigenvalue weighted by molar-refractivity contribution is 6.44. The van der Waals surface area contributed by atoms with Crippen molar-refractivity contribution < 1.29 is 9.59 Å². The first-order chi connectivity index (χ1) is 11.7. The number of likely N-dealkylation sites (N-methyl/N-ethyl adjacent to an activating group) is 1. The van der Waals surface area contributed by atoms with Gasteiger partial charge in [0.25, 0.3) is 11.8 Å². The van der Waals surface area contributed by atoms with Crippen LogP contribution in [0, 0.1) is 0 Å². The van der Waals surface area contributed by atoms with Crippen molar-refractivity contribution in [2.45, 2.75) is 6.92 Å². The van der Waals surface area contributed by atoms with Crippen LogP contribution < -0.4 is 15.3 Å². The van der Waals surface area contributed by atoms with Gasteiger partial charge in [0, 0.05) is 12.2 Å². The monoisotopic (exact) mass is 322 g/mol. The molecule has 1 heterocycles. The molecule has 2 aromatic rings. The molecule has 1 aliphatic rings. The van der Waals surface area contributed by atoms with E-state index in [2.05, 4.69) is 10.4 Å². The summed E-state index contributed by atoms with van der Waals surface area (Å²) >= 11 is 0. The standard InChI is InChI=1S/C18H18N4O2/c1-2-21(14-9-5-3-6-10-14)18(24)17-19-13-16(23)22(20-17)15-11-7-4-8-12-15/h3-12H,2,13H2,1H3,(H,19,20). The number of benzene rings is 2. The SMILES string of the molecule is CCN(C(=O)C1=NCC(=O)N(c2ccccc2)N1)c1ccccc1. The molecule has 1 aliphatic heterocycles. The zero-order valence-electron chi connectivity index (χ0n) is 13.3. The van der Waals surface area contributed by atoms with Gasteiger partial charge in [0.1, 0.15) is 6.54 Å². The maximum absolute atomic E-state index is 12.8. The summed E-state index contributed by atoms with van der Waals surface area (Å²) in [5.74, 6) is -0.318. The van der Waals surface area contributed by atoms with E-state index in [4.69, 9.17) is 0 Å². The van der Waals surface area contributed by atoms with Crippen molar-refractivity contribution in [1.82, 2.24) is 5.43 Å². The van der Waals surface area contributed by atoms with E-state index in [1.807, 2.05) is 55.5 Å². The minimum atomic E-state index is -0.267. The van der Waals surface area contributed by atoms with Gasteiger partial charge in [-0.2, -0.15) is 0 Å². The summed E-state index contributed by atoms with van der Waals surface area (Å²) in [7, 11) is 0. The van der Waals surface area contributed by atoms with Gasteiger partial charge in [-0.3, -0.25) is 20.0 Å². The van der Waals surface area contributed by atoms with Crippen molar-refractivity contribution in [2.24, 2.45) is 4.99 Å². The Morgan fingerprint density at radius 2 is 1.75 bits per heavy atom. The molecule has 1 N–H and O–H groups in total. The van der Waals surface area contributed by atoms with Gasteiger partial charge < -0.3 is 4.90 Å². The van der Waals surface area contributed by atoms with E-state index in [-0.39, 0.29) is 24.2 Å². The minimum absolute atomic E-state index is 0.0602. The fourth-order valence-corrected chi connectivity index (χ4v) is 2.50. The number of hydrogen-bond donors (Lipinski definition) is 1. The first-order valence-corrected chi connectivity index (χ1v) is 7.76. The van der Waals surface area contributed by atoms with Gasteiger partial charge >= 0.3 is 0 Å². The van der Waals surface area contributed by atoms with E-state index in [0.29, 0.717) is 12.2 Å². The number of nitrogens with one attached hydrogen (secondary N) is 1. The van der Waals surface area contributed by atoms with Crippen molar-refractivity contribution in [2.75, 3.05) is 23.0 Å². The van der Waals surface area contributed by atoms with Crippen LogP contribution in [0.3, 0.4) is 0 Å². The number of amides is 2. The second-order valence-corrected chi connectivity index (χ2v) is 5.23. The number of carbonyl (C=O) groups is 2. The van der Waals surface area contributed by atoms with E-state index in [9.17, 15) is 9.59 Å². The quantitative estimate of drug-likeness (QED) is 0.936. The van der Waals surface area contributed by atoms with Gasteiger partial charge in [0.2, 0.25) is 5.84 Å². The summed E-state index contributed by atoms with van der Waals surface area (Å²) in [6, 6.07) is 18.5. The highest BCUT2D eigenvalue weighted by atomic mass is 16.2. The van der Waals surface area contributed by atoms with Crippen LogP contribution in [-0.4, -0.2) is 30.7 Å². The Labute approximate surface area is 140 Å². The van der Waals surface area contributed by atoms with E-state index in [1.54, 1.807) is 17.0 Å². The van der Waals surface area contributed by atoms with E-state index in [1.165, 1.54) is 5.01 Å². The number of anilines is 2. The van der Waals surface area contributed by atoms with Crippen LogP contribution in [0.4, 0.5) is 11.4 Å². The predicted octanol–water partition coefficient (Wildman–Crippen LogP) is 1.99. The van der Waals surface area contributed by atoms with Crippen LogP contribution in [0.1, 0.15) is 6.92 Å². The summed E-state index contributed by atoms with van der Waals surface area (Å²) in [4.78, 5) is 30.6. The number of carbonyl (C=O) groups excluding carboxylic acids is 2. The van der Waals surface area contributed by atoms with Gasteiger partial charge in [-0.05, 0) is 31.2 Å². The molecule has 0 saturated carbocycles. The number of amidine groups is 1. The molecule has 2 aromatic carbocycles. The van der Waals surface area contributed by atoms with Crippen LogP contribution in [0.2, 0.25) is 0 Å². The van der Waals surface area contributed by atoms with Crippen LogP contribution in [0.25, 0.3) is 0 Å². The lowest BCUT2D eigenvalue weighted by Crippen LogP contribution is -2.56. The Morgan fingerprint density at radius 3 is 2.38 bits per heavy atom. The summed E-state index contributed by atoms with van der Waals surface area (Å²) < 4.78 is 0. The lowest BCUT2D eigenvalue weighted by Gasteiger charge is -2.30. The first kappa shape index (κ1) is 15.7. The molecular weight excluding hydrogens is 304 g/mol. The van der Waals surface area contributed by atoms with E-state index in [0.717, 1.165) is 5.69 Å². The molecule has 6 heteroatoms. The smallest absolute Gasteiger partial charge is 0.295 e. The van der Waals surface area contributed by atoms with Gasteiger partial charge in [-0.25, -0.2) is 5.01 Å². The Morgan fingerprint density at radius 1 is 1.12 bits per heavy atom. The molecule has 3 rings (SSSR count). The molecular formula is C18H18N4O2. The predicted molar refractivity (Wildman–Crippen MR) is 93.8 cm³/mol. The summed E-state index contributed by atoms with van der Waals surface area (Å²) in [6.45, 7) is 2.34. The lowest BCUT2D eigenvalue weighted by molar-refractivity contribution is -0.118. The zero-order chi connectivity index (χ0) is 16.9. The van der Waals surface area contributed by atoms with Crippen molar-refractivity contribution >= 4 is 29.0 Å². The molecule has 0 atom stereocenters. The maximum Gasteiger partial charge on any atom is 0.295 e. The second kappa shape index (κ2) is 6.95. The molecule has 0 saturated heterocycles. The van der Waals surface area contributed by atoms with Crippen LogP contribution in [0.15, 0.2) is 65.7 Å². The van der Waals surface area contributed by atoms with Gasteiger partial charge in [0.15, 0.2) is 0 Å². The third-order valence-electron chi connectivity index (χ3n) is 3.69. The molecule has 0 spiro atoms. The molecule has 0 fully saturated rings. The number of aliphatic imine (C=N–C) groups is 1. The number of para-hydroxylation sites is 2. The van der Waals surface area contributed by atoms with Crippen molar-refractivity contribution in [1.29, 1.82) is 0 Å². The van der Waals surface area contributed by atoms with Crippen molar-refractivity contribution in [3.05, 3.63) is 60.7 Å². The third kappa shape index (κ3) is 3.12. The summed E-state index contributed by atoms with van der Waals surface area (Å²) in [5, 5.41) is 1.36. The Hall–Kier alpha value is -3.15. The second-order valence-electron chi connectivity index (χ2n) is 5.23. The normalized spacial score (nSPS) is 14.0. The van der Waals surface area contributed by atoms with Crippen molar-refractivity contribution in [3.63, 3.8) is 0 Å². The van der Waals surface area contributed by atoms with Gasteiger partial charge in [-0.15, -0.1) is 0 Å². The molecule has 0 aromatic heterocycles. The average Bonchev–Trinajstić information content (AvgIpc) is 2.64. The summed E-state index contributed by atoms with van der Waals surface area (Å²) in [6.07, 6.45) is 0. The molecule has 0 radical (unpaired) electrons. The molecule has 0 unspecified atom stereocenters. The third-order valence-corrected chi connectivity index (χ3v) is 3.69. The zero-order valence-corrected chi connectivity index (χ0v) is 13.3. The fraction of sp³-hybridized carbons (Fsp3) is 0.167. The number of hydrazine groups is 1. The summed E-state index contributed by atoms with van der Waals surface area (Å²) in [5.41, 5.74) is 4.31. The Kier molecular flexibility index (Phi) is 4.56. The van der Waals surface area contributed by atoms with Gasteiger partial charge in [0.05, 0.1) is 5.69 Å². The highest BCUT2D eigenvalue weighted by Gasteiger charge is 2.28. The highest BCUT2D eigenvalue weighted by Crippen LogP contribution is 2.16.